The van der Waals surface area contributed by atoms with Gasteiger partial charge >= 0.3 is 0 Å². The van der Waals surface area contributed by atoms with Crippen molar-refractivity contribution in [3.05, 3.63) is 18.3 Å². The van der Waals surface area contributed by atoms with Gasteiger partial charge < -0.3 is 9.64 Å². The van der Waals surface area contributed by atoms with Crippen molar-refractivity contribution in [1.29, 1.82) is 0 Å². The van der Waals surface area contributed by atoms with Crippen molar-refractivity contribution < 1.29 is 4.74 Å². The topological polar surface area (TPSA) is 38.2 Å². The maximum atomic E-state index is 5.36. The molecule has 0 fully saturated rings. The van der Waals surface area contributed by atoms with Gasteiger partial charge in [-0.05, 0) is 26.6 Å². The summed E-state index contributed by atoms with van der Waals surface area (Å²) in [6, 6.07) is 3.62. The maximum absolute atomic E-state index is 5.36. The highest BCUT2D eigenvalue weighted by molar-refractivity contribution is 5.04. The van der Waals surface area contributed by atoms with E-state index < -0.39 is 0 Å². The highest BCUT2D eigenvalue weighted by atomic mass is 16.5. The first-order chi connectivity index (χ1) is 6.29. The molecule has 13 heavy (non-hydrogen) atoms. The quantitative estimate of drug-likeness (QED) is 0.630. The summed E-state index contributed by atoms with van der Waals surface area (Å²) in [5, 5.41) is 7.52. The van der Waals surface area contributed by atoms with E-state index in [1.54, 1.807) is 6.20 Å². The summed E-state index contributed by atoms with van der Waals surface area (Å²) in [6.07, 6.45) is 2.64. The Kier molecular flexibility index (Phi) is 4.18. The first kappa shape index (κ1) is 9.92. The molecule has 0 aliphatic carbocycles. The van der Waals surface area contributed by atoms with E-state index in [-0.39, 0.29) is 0 Å². The lowest BCUT2D eigenvalue weighted by Gasteiger charge is -2.09. The molecule has 1 aromatic heterocycles. The van der Waals surface area contributed by atoms with E-state index in [2.05, 4.69) is 15.1 Å². The van der Waals surface area contributed by atoms with Crippen molar-refractivity contribution in [1.82, 2.24) is 15.1 Å². The molecule has 0 atom stereocenters. The molecule has 0 bridgehead atoms. The number of aromatic nitrogens is 2. The zero-order valence-corrected chi connectivity index (χ0v) is 8.10. The fraction of sp³-hybridized carbons (Fsp3) is 0.556. The monoisotopic (exact) mass is 181 g/mol. The molecule has 72 valence electrons. The van der Waals surface area contributed by atoms with Crippen molar-refractivity contribution in [2.75, 3.05) is 27.2 Å². The van der Waals surface area contributed by atoms with Gasteiger partial charge in [-0.3, -0.25) is 0 Å². The smallest absolute Gasteiger partial charge is 0.233 e. The standard InChI is InChI=1S/C9H15N3O/c1-12(2)7-4-8-13-9-5-3-6-10-11-9/h3,5-6H,4,7-8H2,1-2H3. The Morgan fingerprint density at radius 3 is 2.92 bits per heavy atom. The molecule has 0 spiro atoms. The fourth-order valence-corrected chi connectivity index (χ4v) is 0.922. The number of hydrogen-bond acceptors (Lipinski definition) is 4. The summed E-state index contributed by atoms with van der Waals surface area (Å²) in [6.45, 7) is 1.72. The van der Waals surface area contributed by atoms with Crippen LogP contribution >= 0.6 is 0 Å². The summed E-state index contributed by atoms with van der Waals surface area (Å²) in [7, 11) is 4.09. The largest absolute Gasteiger partial charge is 0.477 e. The van der Waals surface area contributed by atoms with Gasteiger partial charge in [-0.2, -0.15) is 5.10 Å². The van der Waals surface area contributed by atoms with Crippen molar-refractivity contribution >= 4 is 0 Å². The predicted octanol–water partition coefficient (Wildman–Crippen LogP) is 0.807. The Morgan fingerprint density at radius 1 is 1.46 bits per heavy atom. The molecule has 0 saturated heterocycles. The average Bonchev–Trinajstić information content (AvgIpc) is 2.14. The summed E-state index contributed by atoms with van der Waals surface area (Å²) in [5.41, 5.74) is 0. The predicted molar refractivity (Wildman–Crippen MR) is 50.7 cm³/mol. The first-order valence-electron chi connectivity index (χ1n) is 4.34. The van der Waals surface area contributed by atoms with E-state index in [1.165, 1.54) is 0 Å². The van der Waals surface area contributed by atoms with Crippen LogP contribution in [-0.2, 0) is 0 Å². The zero-order chi connectivity index (χ0) is 9.52. The Hall–Kier alpha value is -1.16. The van der Waals surface area contributed by atoms with Gasteiger partial charge in [0, 0.05) is 18.8 Å². The van der Waals surface area contributed by atoms with Crippen LogP contribution < -0.4 is 4.74 Å². The van der Waals surface area contributed by atoms with Gasteiger partial charge in [0.25, 0.3) is 0 Å². The van der Waals surface area contributed by atoms with Crippen LogP contribution in [0.25, 0.3) is 0 Å². The van der Waals surface area contributed by atoms with Gasteiger partial charge in [0.1, 0.15) is 0 Å². The molecule has 0 unspecified atom stereocenters. The lowest BCUT2D eigenvalue weighted by Crippen LogP contribution is -2.15. The van der Waals surface area contributed by atoms with Crippen molar-refractivity contribution in [2.24, 2.45) is 0 Å². The van der Waals surface area contributed by atoms with Crippen LogP contribution in [0, 0.1) is 0 Å². The van der Waals surface area contributed by atoms with E-state index in [9.17, 15) is 0 Å². The van der Waals surface area contributed by atoms with Crippen LogP contribution in [0.3, 0.4) is 0 Å². The van der Waals surface area contributed by atoms with Crippen LogP contribution in [0.2, 0.25) is 0 Å². The Bertz CT molecular complexity index is 226. The van der Waals surface area contributed by atoms with Crippen LogP contribution in [0.1, 0.15) is 6.42 Å². The molecule has 1 heterocycles. The van der Waals surface area contributed by atoms with E-state index >= 15 is 0 Å². The summed E-state index contributed by atoms with van der Waals surface area (Å²) < 4.78 is 5.36. The minimum absolute atomic E-state index is 0.598. The number of rotatable bonds is 5. The Balaban J connectivity index is 2.13. The van der Waals surface area contributed by atoms with E-state index in [0.29, 0.717) is 12.5 Å². The second-order valence-electron chi connectivity index (χ2n) is 3.07. The number of hydrogen-bond donors (Lipinski definition) is 0. The molecular formula is C9H15N3O. The molecule has 4 heteroatoms. The highest BCUT2D eigenvalue weighted by Crippen LogP contribution is 2.01. The SMILES string of the molecule is CN(C)CCCOc1cccnn1. The van der Waals surface area contributed by atoms with Gasteiger partial charge in [0.05, 0.1) is 6.61 Å². The van der Waals surface area contributed by atoms with Gasteiger partial charge in [0.15, 0.2) is 0 Å². The third kappa shape index (κ3) is 4.42. The normalized spacial score (nSPS) is 10.4. The molecular weight excluding hydrogens is 166 g/mol. The van der Waals surface area contributed by atoms with E-state index in [1.807, 2.05) is 26.2 Å². The molecule has 0 saturated carbocycles. The Morgan fingerprint density at radius 2 is 2.31 bits per heavy atom. The molecule has 1 aromatic rings. The van der Waals surface area contributed by atoms with E-state index in [4.69, 9.17) is 4.74 Å². The lowest BCUT2D eigenvalue weighted by molar-refractivity contribution is 0.270. The van der Waals surface area contributed by atoms with Gasteiger partial charge in [-0.15, -0.1) is 5.10 Å². The maximum Gasteiger partial charge on any atom is 0.233 e. The molecule has 0 radical (unpaired) electrons. The fourth-order valence-electron chi connectivity index (χ4n) is 0.922. The van der Waals surface area contributed by atoms with Crippen LogP contribution in [0.4, 0.5) is 0 Å². The van der Waals surface area contributed by atoms with Gasteiger partial charge in [0.2, 0.25) is 5.88 Å². The Labute approximate surface area is 78.5 Å². The van der Waals surface area contributed by atoms with Crippen molar-refractivity contribution in [3.8, 4) is 5.88 Å². The molecule has 0 N–H and O–H groups in total. The second kappa shape index (κ2) is 5.48. The van der Waals surface area contributed by atoms with Crippen LogP contribution in [0.5, 0.6) is 5.88 Å². The van der Waals surface area contributed by atoms with Crippen molar-refractivity contribution in [3.63, 3.8) is 0 Å². The van der Waals surface area contributed by atoms with Gasteiger partial charge in [-0.1, -0.05) is 0 Å². The third-order valence-electron chi connectivity index (χ3n) is 1.55. The second-order valence-corrected chi connectivity index (χ2v) is 3.07. The molecule has 0 aliphatic heterocycles. The zero-order valence-electron chi connectivity index (χ0n) is 8.10. The molecule has 0 aromatic carbocycles. The van der Waals surface area contributed by atoms with Crippen LogP contribution in [-0.4, -0.2) is 42.3 Å². The summed E-state index contributed by atoms with van der Waals surface area (Å²) >= 11 is 0. The third-order valence-corrected chi connectivity index (χ3v) is 1.55. The minimum atomic E-state index is 0.598. The number of ether oxygens (including phenoxy) is 1. The highest BCUT2D eigenvalue weighted by Gasteiger charge is 1.94. The van der Waals surface area contributed by atoms with E-state index in [0.717, 1.165) is 13.0 Å². The summed E-state index contributed by atoms with van der Waals surface area (Å²) in [4.78, 5) is 2.13. The molecule has 0 aliphatic rings. The average molecular weight is 181 g/mol. The molecule has 4 nitrogen and oxygen atoms in total. The van der Waals surface area contributed by atoms with Crippen molar-refractivity contribution in [2.45, 2.75) is 6.42 Å². The first-order valence-corrected chi connectivity index (χ1v) is 4.34. The lowest BCUT2D eigenvalue weighted by atomic mass is 10.4. The minimum Gasteiger partial charge on any atom is -0.477 e. The summed E-state index contributed by atoms with van der Waals surface area (Å²) in [5.74, 6) is 0.598. The number of nitrogens with zero attached hydrogens (tertiary/aromatic N) is 3. The molecule has 1 rings (SSSR count). The van der Waals surface area contributed by atoms with Crippen LogP contribution in [0.15, 0.2) is 18.3 Å². The van der Waals surface area contributed by atoms with Gasteiger partial charge in [-0.25, -0.2) is 0 Å². The molecule has 0 amide bonds.